The van der Waals surface area contributed by atoms with Gasteiger partial charge in [-0.1, -0.05) is 26.8 Å². The largest absolute Gasteiger partial charge is 0.507 e. The first-order valence-corrected chi connectivity index (χ1v) is 11.8. The summed E-state index contributed by atoms with van der Waals surface area (Å²) in [5.74, 6) is -0.396. The Kier molecular flexibility index (Phi) is 6.84. The predicted octanol–water partition coefficient (Wildman–Crippen LogP) is 5.41. The average molecular weight is 487 g/mol. The second-order valence-electron chi connectivity index (χ2n) is 9.55. The number of aliphatic hydroxyl groups is 1. The van der Waals surface area contributed by atoms with Gasteiger partial charge in [0.15, 0.2) is 0 Å². The summed E-state index contributed by atoms with van der Waals surface area (Å²) in [6.07, 6.45) is 3.21. The molecule has 0 saturated carbocycles. The number of carbonyl (C=O) groups excluding carboxylic acids is 2. The molecule has 7 heteroatoms. The van der Waals surface area contributed by atoms with Gasteiger partial charge >= 0.3 is 0 Å². The van der Waals surface area contributed by atoms with Gasteiger partial charge in [0, 0.05) is 29.2 Å². The number of nitrogens with zero attached hydrogens (tertiary/aromatic N) is 2. The van der Waals surface area contributed by atoms with Crippen LogP contribution in [0.25, 0.3) is 5.76 Å². The zero-order valence-electron chi connectivity index (χ0n) is 21.1. The van der Waals surface area contributed by atoms with E-state index in [-0.39, 0.29) is 16.7 Å². The Labute approximate surface area is 211 Å². The van der Waals surface area contributed by atoms with E-state index in [1.54, 1.807) is 74.1 Å². The van der Waals surface area contributed by atoms with Gasteiger partial charge in [-0.2, -0.15) is 0 Å². The van der Waals surface area contributed by atoms with Crippen molar-refractivity contribution in [2.45, 2.75) is 39.2 Å². The van der Waals surface area contributed by atoms with E-state index < -0.39 is 17.7 Å². The third kappa shape index (κ3) is 4.56. The second-order valence-corrected chi connectivity index (χ2v) is 9.55. The van der Waals surface area contributed by atoms with Crippen LogP contribution in [0.4, 0.5) is 5.69 Å². The zero-order chi connectivity index (χ0) is 26.0. The van der Waals surface area contributed by atoms with Gasteiger partial charge in [-0.25, -0.2) is 0 Å². The molecule has 0 spiro atoms. The van der Waals surface area contributed by atoms with E-state index >= 15 is 0 Å². The second kappa shape index (κ2) is 9.85. The van der Waals surface area contributed by atoms with Crippen LogP contribution in [0.1, 0.15) is 50.4 Å². The van der Waals surface area contributed by atoms with Crippen LogP contribution in [0, 0.1) is 0 Å². The van der Waals surface area contributed by atoms with Gasteiger partial charge < -0.3 is 14.6 Å². The number of hydrogen-bond acceptors (Lipinski definition) is 6. The topological polar surface area (TPSA) is 89.0 Å². The van der Waals surface area contributed by atoms with Gasteiger partial charge in [-0.15, -0.1) is 0 Å². The lowest BCUT2D eigenvalue weighted by molar-refractivity contribution is -0.132. The molecular formula is C29H30N2O5. The number of ether oxygens (including phenoxy) is 2. The molecule has 0 radical (unpaired) electrons. The van der Waals surface area contributed by atoms with Crippen molar-refractivity contribution in [1.82, 2.24) is 4.98 Å². The van der Waals surface area contributed by atoms with Crippen LogP contribution >= 0.6 is 0 Å². The van der Waals surface area contributed by atoms with E-state index in [0.29, 0.717) is 34.9 Å². The molecule has 186 valence electrons. The van der Waals surface area contributed by atoms with E-state index in [2.05, 4.69) is 4.98 Å². The molecule has 7 nitrogen and oxygen atoms in total. The molecule has 1 unspecified atom stereocenters. The summed E-state index contributed by atoms with van der Waals surface area (Å²) in [5, 5.41) is 11.5. The van der Waals surface area contributed by atoms with Crippen molar-refractivity contribution >= 4 is 23.1 Å². The Bertz CT molecular complexity index is 1310. The Morgan fingerprint density at radius 1 is 1.08 bits per heavy atom. The van der Waals surface area contributed by atoms with Crippen LogP contribution in [0.2, 0.25) is 0 Å². The molecule has 1 atom stereocenters. The Balaban J connectivity index is 1.90. The third-order valence-corrected chi connectivity index (χ3v) is 6.15. The van der Waals surface area contributed by atoms with Gasteiger partial charge in [0.25, 0.3) is 11.7 Å². The molecule has 2 aromatic carbocycles. The van der Waals surface area contributed by atoms with Gasteiger partial charge in [0.05, 0.1) is 25.3 Å². The summed E-state index contributed by atoms with van der Waals surface area (Å²) in [4.78, 5) is 32.3. The fraction of sp³-hybridized carbons (Fsp3) is 0.276. The van der Waals surface area contributed by atoms with Crippen molar-refractivity contribution in [2.24, 2.45) is 0 Å². The molecule has 1 saturated heterocycles. The first kappa shape index (κ1) is 25.0. The van der Waals surface area contributed by atoms with Crippen LogP contribution in [0.5, 0.6) is 11.5 Å². The molecule has 3 aromatic rings. The molecule has 0 aliphatic carbocycles. The molecule has 1 aliphatic heterocycles. The van der Waals surface area contributed by atoms with Crippen molar-refractivity contribution in [3.63, 3.8) is 0 Å². The van der Waals surface area contributed by atoms with Crippen LogP contribution in [-0.2, 0) is 15.0 Å². The van der Waals surface area contributed by atoms with Gasteiger partial charge in [0.2, 0.25) is 0 Å². The maximum absolute atomic E-state index is 13.4. The number of pyridine rings is 1. The van der Waals surface area contributed by atoms with Crippen LogP contribution in [0.15, 0.2) is 72.6 Å². The summed E-state index contributed by atoms with van der Waals surface area (Å²) >= 11 is 0. The van der Waals surface area contributed by atoms with E-state index in [4.69, 9.17) is 9.47 Å². The van der Waals surface area contributed by atoms with Crippen molar-refractivity contribution in [3.05, 3.63) is 89.3 Å². The van der Waals surface area contributed by atoms with Crippen molar-refractivity contribution < 1.29 is 24.2 Å². The summed E-state index contributed by atoms with van der Waals surface area (Å²) in [5.41, 5.74) is 2.15. The summed E-state index contributed by atoms with van der Waals surface area (Å²) in [7, 11) is 1.59. The highest BCUT2D eigenvalue weighted by molar-refractivity contribution is 6.51. The van der Waals surface area contributed by atoms with E-state index in [1.165, 1.54) is 4.90 Å². The molecule has 0 bridgehead atoms. The smallest absolute Gasteiger partial charge is 0.300 e. The number of benzene rings is 2. The number of amides is 1. The maximum Gasteiger partial charge on any atom is 0.300 e. The van der Waals surface area contributed by atoms with Gasteiger partial charge in [0.1, 0.15) is 17.3 Å². The molecule has 2 heterocycles. The molecule has 36 heavy (non-hydrogen) atoms. The maximum atomic E-state index is 13.4. The van der Waals surface area contributed by atoms with Crippen molar-refractivity contribution in [1.29, 1.82) is 0 Å². The molecule has 1 aliphatic rings. The van der Waals surface area contributed by atoms with Crippen LogP contribution in [0.3, 0.4) is 0 Å². The highest BCUT2D eigenvalue weighted by Gasteiger charge is 2.47. The number of carbonyl (C=O) groups is 2. The lowest BCUT2D eigenvalue weighted by atomic mass is 9.84. The number of methoxy groups -OCH3 is 1. The summed E-state index contributed by atoms with van der Waals surface area (Å²) in [6, 6.07) is 14.9. The highest BCUT2D eigenvalue weighted by atomic mass is 16.5. The standard InChI is InChI=1S/C29H30N2O5/c1-6-36-21-12-10-20(11-13-21)31-25(19-8-7-15-30-17-19)24(27(33)28(31)34)26(32)18-9-14-23(35-5)22(16-18)29(2,3)4/h7-17,25,32H,6H2,1-5H3/b26-24-. The Hall–Kier alpha value is -4.13. The Morgan fingerprint density at radius 3 is 2.39 bits per heavy atom. The Morgan fingerprint density at radius 2 is 1.81 bits per heavy atom. The number of hydrogen-bond donors (Lipinski definition) is 1. The molecule has 1 N–H and O–H groups in total. The van der Waals surface area contributed by atoms with Gasteiger partial charge in [-0.05, 0) is 66.4 Å². The van der Waals surface area contributed by atoms with Crippen molar-refractivity contribution in [2.75, 3.05) is 18.6 Å². The highest BCUT2D eigenvalue weighted by Crippen LogP contribution is 2.43. The van der Waals surface area contributed by atoms with E-state index in [0.717, 1.165) is 5.56 Å². The molecule has 1 amide bonds. The third-order valence-electron chi connectivity index (χ3n) is 6.15. The minimum atomic E-state index is -0.850. The quantitative estimate of drug-likeness (QED) is 0.285. The SMILES string of the molecule is CCOc1ccc(N2C(=O)C(=O)/C(=C(\O)c3ccc(OC)c(C(C)(C)C)c3)C2c2cccnc2)cc1. The molecule has 1 fully saturated rings. The number of anilines is 1. The number of rotatable bonds is 6. The fourth-order valence-electron chi connectivity index (χ4n) is 4.42. The van der Waals surface area contributed by atoms with E-state index in [9.17, 15) is 14.7 Å². The monoisotopic (exact) mass is 486 g/mol. The summed E-state index contributed by atoms with van der Waals surface area (Å²) < 4.78 is 11.0. The number of aromatic nitrogens is 1. The minimum absolute atomic E-state index is 0.00640. The number of Topliss-reactive ketones (excluding diaryl/α,β-unsaturated/α-hetero) is 1. The lowest BCUT2D eigenvalue weighted by Gasteiger charge is -2.26. The fourth-order valence-corrected chi connectivity index (χ4v) is 4.42. The normalized spacial score (nSPS) is 17.4. The lowest BCUT2D eigenvalue weighted by Crippen LogP contribution is -2.29. The van der Waals surface area contributed by atoms with Crippen LogP contribution < -0.4 is 14.4 Å². The van der Waals surface area contributed by atoms with Crippen LogP contribution in [-0.4, -0.2) is 35.5 Å². The molecular weight excluding hydrogens is 456 g/mol. The van der Waals surface area contributed by atoms with E-state index in [1.807, 2.05) is 27.7 Å². The first-order valence-electron chi connectivity index (χ1n) is 11.8. The van der Waals surface area contributed by atoms with Crippen molar-refractivity contribution in [3.8, 4) is 11.5 Å². The average Bonchev–Trinajstić information content (AvgIpc) is 3.14. The predicted molar refractivity (Wildman–Crippen MR) is 138 cm³/mol. The van der Waals surface area contributed by atoms with Gasteiger partial charge in [-0.3, -0.25) is 19.5 Å². The molecule has 4 rings (SSSR count). The zero-order valence-corrected chi connectivity index (χ0v) is 21.1. The first-order chi connectivity index (χ1) is 17.2. The molecule has 1 aromatic heterocycles. The minimum Gasteiger partial charge on any atom is -0.507 e. The number of aliphatic hydroxyl groups excluding tert-OH is 1. The number of ketones is 1. The summed E-state index contributed by atoms with van der Waals surface area (Å²) in [6.45, 7) is 8.51.